The van der Waals surface area contributed by atoms with Crippen molar-refractivity contribution in [2.75, 3.05) is 0 Å². The van der Waals surface area contributed by atoms with Gasteiger partial charge in [0.05, 0.1) is 16.2 Å². The van der Waals surface area contributed by atoms with E-state index < -0.39 is 24.1 Å². The molecule has 0 bridgehead atoms. The highest BCUT2D eigenvalue weighted by Gasteiger charge is 2.52. The van der Waals surface area contributed by atoms with Crippen LogP contribution < -0.4 is 5.46 Å². The van der Waals surface area contributed by atoms with Crippen LogP contribution in [0.5, 0.6) is 0 Å². The van der Waals surface area contributed by atoms with Gasteiger partial charge in [-0.2, -0.15) is 0 Å². The van der Waals surface area contributed by atoms with Crippen molar-refractivity contribution in [3.8, 4) is 0 Å². The fourth-order valence-electron chi connectivity index (χ4n) is 1.67. The lowest BCUT2D eigenvalue weighted by atomic mass is 9.79. The van der Waals surface area contributed by atoms with Crippen LogP contribution in [0.2, 0.25) is 5.02 Å². The van der Waals surface area contributed by atoms with Crippen LogP contribution in [0, 0.1) is 5.82 Å². The summed E-state index contributed by atoms with van der Waals surface area (Å²) in [5.74, 6) is -0.459. The minimum absolute atomic E-state index is 0.0611. The number of hydrogen-bond acceptors (Lipinski definition) is 2. The summed E-state index contributed by atoms with van der Waals surface area (Å²) in [4.78, 5) is 0. The Morgan fingerprint density at radius 2 is 1.65 bits per heavy atom. The van der Waals surface area contributed by atoms with Crippen LogP contribution in [0.25, 0.3) is 0 Å². The maximum Gasteiger partial charge on any atom is 0.496 e. The molecule has 1 aromatic rings. The zero-order chi connectivity index (χ0) is 12.8. The second kappa shape index (κ2) is 3.97. The summed E-state index contributed by atoms with van der Waals surface area (Å²) in [7, 11) is -0.622. The van der Waals surface area contributed by atoms with Crippen molar-refractivity contribution in [2.24, 2.45) is 0 Å². The van der Waals surface area contributed by atoms with Crippen molar-refractivity contribution < 1.29 is 13.7 Å². The first kappa shape index (κ1) is 12.9. The van der Waals surface area contributed by atoms with Crippen LogP contribution in [0.1, 0.15) is 27.7 Å². The van der Waals surface area contributed by atoms with Crippen molar-refractivity contribution in [2.45, 2.75) is 38.9 Å². The summed E-state index contributed by atoms with van der Waals surface area (Å²) in [6.45, 7) is 7.78. The SMILES string of the molecule is CC1(C)OB(c2cccc(F)c2Cl)OC1(C)C. The Morgan fingerprint density at radius 3 is 2.18 bits per heavy atom. The number of halogens is 2. The number of hydrogen-bond donors (Lipinski definition) is 0. The van der Waals surface area contributed by atoms with Crippen molar-refractivity contribution in [1.29, 1.82) is 0 Å². The first-order valence-electron chi connectivity index (χ1n) is 5.54. The van der Waals surface area contributed by atoms with Crippen molar-refractivity contribution in [3.63, 3.8) is 0 Å². The first-order chi connectivity index (χ1) is 7.74. The Hall–Kier alpha value is -0.575. The molecular formula is C12H15BClFO2. The Bertz CT molecular complexity index is 432. The molecule has 92 valence electrons. The fourth-order valence-corrected chi connectivity index (χ4v) is 1.89. The van der Waals surface area contributed by atoms with E-state index >= 15 is 0 Å². The highest BCUT2D eigenvalue weighted by molar-refractivity contribution is 6.65. The van der Waals surface area contributed by atoms with E-state index in [1.807, 2.05) is 27.7 Å². The van der Waals surface area contributed by atoms with Crippen LogP contribution >= 0.6 is 11.6 Å². The molecule has 1 aliphatic rings. The van der Waals surface area contributed by atoms with Gasteiger partial charge in [-0.3, -0.25) is 0 Å². The molecule has 0 N–H and O–H groups in total. The van der Waals surface area contributed by atoms with Crippen LogP contribution in [0.3, 0.4) is 0 Å². The summed E-state index contributed by atoms with van der Waals surface area (Å²) in [6, 6.07) is 4.63. The molecule has 0 amide bonds. The van der Waals surface area contributed by atoms with E-state index in [0.29, 0.717) is 5.46 Å². The van der Waals surface area contributed by atoms with Crippen molar-refractivity contribution >= 4 is 24.2 Å². The predicted octanol–water partition coefficient (Wildman–Crippen LogP) is 2.78. The molecule has 1 heterocycles. The van der Waals surface area contributed by atoms with Gasteiger partial charge in [-0.1, -0.05) is 23.7 Å². The molecule has 0 radical (unpaired) electrons. The highest BCUT2D eigenvalue weighted by atomic mass is 35.5. The van der Waals surface area contributed by atoms with Gasteiger partial charge in [0.15, 0.2) is 0 Å². The summed E-state index contributed by atoms with van der Waals surface area (Å²) in [5, 5.41) is 0.0611. The predicted molar refractivity (Wildman–Crippen MR) is 67.1 cm³/mol. The maximum atomic E-state index is 13.4. The standard InChI is InChI=1S/C12H15BClFO2/c1-11(2)12(3,4)17-13(16-11)8-6-5-7-9(15)10(8)14/h5-7H,1-4H3. The Balaban J connectivity index is 2.36. The Labute approximate surface area is 106 Å². The minimum atomic E-state index is -0.622. The third-order valence-electron chi connectivity index (χ3n) is 3.49. The van der Waals surface area contributed by atoms with E-state index in [0.717, 1.165) is 0 Å². The lowest BCUT2D eigenvalue weighted by molar-refractivity contribution is 0.00578. The zero-order valence-corrected chi connectivity index (χ0v) is 11.1. The molecule has 1 saturated heterocycles. The Kier molecular flexibility index (Phi) is 3.01. The van der Waals surface area contributed by atoms with Crippen LogP contribution in [0.15, 0.2) is 18.2 Å². The minimum Gasteiger partial charge on any atom is -0.399 e. The molecule has 5 heteroatoms. The second-order valence-corrected chi connectivity index (χ2v) is 5.61. The van der Waals surface area contributed by atoms with Gasteiger partial charge in [0.1, 0.15) is 5.82 Å². The largest absolute Gasteiger partial charge is 0.496 e. The molecule has 17 heavy (non-hydrogen) atoms. The Morgan fingerprint density at radius 1 is 1.12 bits per heavy atom. The third-order valence-corrected chi connectivity index (χ3v) is 3.89. The lowest BCUT2D eigenvalue weighted by Crippen LogP contribution is -2.41. The number of rotatable bonds is 1. The van der Waals surface area contributed by atoms with Gasteiger partial charge < -0.3 is 9.31 Å². The topological polar surface area (TPSA) is 18.5 Å². The molecule has 0 unspecified atom stereocenters. The van der Waals surface area contributed by atoms with Crippen molar-refractivity contribution in [3.05, 3.63) is 29.0 Å². The van der Waals surface area contributed by atoms with Gasteiger partial charge in [0.2, 0.25) is 0 Å². The molecule has 1 aliphatic heterocycles. The van der Waals surface area contributed by atoms with E-state index in [2.05, 4.69) is 0 Å². The molecule has 1 fully saturated rings. The average molecular weight is 257 g/mol. The van der Waals surface area contributed by atoms with Gasteiger partial charge in [0, 0.05) is 5.46 Å². The van der Waals surface area contributed by atoms with E-state index in [4.69, 9.17) is 20.9 Å². The summed E-state index contributed by atoms with van der Waals surface area (Å²) in [5.41, 5.74) is -0.369. The van der Waals surface area contributed by atoms with Crippen molar-refractivity contribution in [1.82, 2.24) is 0 Å². The normalized spacial score (nSPS) is 21.9. The zero-order valence-electron chi connectivity index (χ0n) is 10.4. The second-order valence-electron chi connectivity index (χ2n) is 5.23. The van der Waals surface area contributed by atoms with Crippen LogP contribution in [-0.4, -0.2) is 18.3 Å². The van der Waals surface area contributed by atoms with Crippen LogP contribution in [-0.2, 0) is 9.31 Å². The van der Waals surface area contributed by atoms with E-state index in [1.165, 1.54) is 6.07 Å². The molecule has 2 rings (SSSR count). The van der Waals surface area contributed by atoms with E-state index in [9.17, 15) is 4.39 Å². The number of benzene rings is 1. The van der Waals surface area contributed by atoms with Gasteiger partial charge in [-0.05, 0) is 33.8 Å². The molecule has 0 aromatic heterocycles. The quantitative estimate of drug-likeness (QED) is 0.719. The summed E-state index contributed by atoms with van der Waals surface area (Å²) < 4.78 is 25.0. The molecular weight excluding hydrogens is 241 g/mol. The molecule has 2 nitrogen and oxygen atoms in total. The third kappa shape index (κ3) is 2.10. The maximum absolute atomic E-state index is 13.4. The van der Waals surface area contributed by atoms with Crippen LogP contribution in [0.4, 0.5) is 4.39 Å². The fraction of sp³-hybridized carbons (Fsp3) is 0.500. The summed E-state index contributed by atoms with van der Waals surface area (Å²) in [6.07, 6.45) is 0. The summed E-state index contributed by atoms with van der Waals surface area (Å²) >= 11 is 5.92. The molecule has 0 spiro atoms. The van der Waals surface area contributed by atoms with Gasteiger partial charge in [-0.15, -0.1) is 0 Å². The first-order valence-corrected chi connectivity index (χ1v) is 5.92. The lowest BCUT2D eigenvalue weighted by Gasteiger charge is -2.32. The van der Waals surface area contributed by atoms with Gasteiger partial charge >= 0.3 is 7.12 Å². The average Bonchev–Trinajstić information content (AvgIpc) is 2.40. The molecule has 0 saturated carbocycles. The smallest absolute Gasteiger partial charge is 0.399 e. The van der Waals surface area contributed by atoms with E-state index in [-0.39, 0.29) is 5.02 Å². The monoisotopic (exact) mass is 256 g/mol. The molecule has 0 aliphatic carbocycles. The van der Waals surface area contributed by atoms with Gasteiger partial charge in [0.25, 0.3) is 0 Å². The highest BCUT2D eigenvalue weighted by Crippen LogP contribution is 2.37. The molecule has 1 aromatic carbocycles. The molecule has 0 atom stereocenters. The van der Waals surface area contributed by atoms with Gasteiger partial charge in [-0.25, -0.2) is 4.39 Å². The van der Waals surface area contributed by atoms with E-state index in [1.54, 1.807) is 12.1 Å².